The van der Waals surface area contributed by atoms with Crippen molar-refractivity contribution in [2.24, 2.45) is 0 Å². The van der Waals surface area contributed by atoms with E-state index in [2.05, 4.69) is 5.32 Å². The van der Waals surface area contributed by atoms with Crippen molar-refractivity contribution < 1.29 is 12.6 Å². The molecular formula is C8H17NO3S. The van der Waals surface area contributed by atoms with Crippen LogP contribution in [0.25, 0.3) is 0 Å². The van der Waals surface area contributed by atoms with E-state index in [0.29, 0.717) is 6.04 Å². The third-order valence-electron chi connectivity index (χ3n) is 2.12. The zero-order valence-corrected chi connectivity index (χ0v) is 8.93. The van der Waals surface area contributed by atoms with Gasteiger partial charge in [-0.25, -0.2) is 0 Å². The molecule has 0 radical (unpaired) electrons. The highest BCUT2D eigenvalue weighted by atomic mass is 32.2. The van der Waals surface area contributed by atoms with Gasteiger partial charge in [-0.3, -0.25) is 4.18 Å². The molecule has 0 aromatic heterocycles. The second-order valence-corrected chi connectivity index (χ2v) is 5.24. The fourth-order valence-corrected chi connectivity index (χ4v) is 2.37. The minimum absolute atomic E-state index is 0.217. The van der Waals surface area contributed by atoms with Crippen LogP contribution in [0.2, 0.25) is 0 Å². The minimum Gasteiger partial charge on any atom is -0.314 e. The van der Waals surface area contributed by atoms with E-state index in [1.807, 2.05) is 0 Å². The first-order valence-electron chi connectivity index (χ1n) is 4.59. The van der Waals surface area contributed by atoms with E-state index in [4.69, 9.17) is 4.18 Å². The summed E-state index contributed by atoms with van der Waals surface area (Å²) in [5.74, 6) is 0. The van der Waals surface area contributed by atoms with E-state index >= 15 is 0 Å². The van der Waals surface area contributed by atoms with Crippen LogP contribution in [-0.2, 0) is 14.3 Å². The zero-order valence-electron chi connectivity index (χ0n) is 8.12. The van der Waals surface area contributed by atoms with Gasteiger partial charge in [0.05, 0.1) is 12.4 Å². The Balaban J connectivity index is 2.28. The van der Waals surface area contributed by atoms with Gasteiger partial charge in [0.1, 0.15) is 0 Å². The molecule has 0 saturated carbocycles. The maximum atomic E-state index is 10.8. The molecule has 0 aliphatic carbocycles. The lowest BCUT2D eigenvalue weighted by Gasteiger charge is -2.15. The average Bonchev–Trinajstić information content (AvgIpc) is 2.34. The third-order valence-corrected chi connectivity index (χ3v) is 2.80. The Kier molecular flexibility index (Phi) is 3.70. The lowest BCUT2D eigenvalue weighted by Crippen LogP contribution is -2.27. The standard InChI is InChI=1S/C8H17NO3S/c1-7(12-13(2,10)11)6-8-4-3-5-9-8/h7-9H,3-6H2,1-2H3. The summed E-state index contributed by atoms with van der Waals surface area (Å²) in [7, 11) is -3.29. The van der Waals surface area contributed by atoms with Crippen LogP contribution >= 0.6 is 0 Å². The molecule has 1 heterocycles. The van der Waals surface area contributed by atoms with Crippen molar-refractivity contribution in [1.29, 1.82) is 0 Å². The highest BCUT2D eigenvalue weighted by Crippen LogP contribution is 2.13. The van der Waals surface area contributed by atoms with Crippen LogP contribution in [-0.4, -0.2) is 33.4 Å². The molecule has 1 N–H and O–H groups in total. The summed E-state index contributed by atoms with van der Waals surface area (Å²) in [5.41, 5.74) is 0. The largest absolute Gasteiger partial charge is 0.314 e. The zero-order chi connectivity index (χ0) is 9.90. The molecule has 78 valence electrons. The predicted octanol–water partition coefficient (Wildman–Crippen LogP) is 0.493. The summed E-state index contributed by atoms with van der Waals surface area (Å²) < 4.78 is 26.4. The van der Waals surface area contributed by atoms with Crippen LogP contribution in [0.4, 0.5) is 0 Å². The molecule has 0 spiro atoms. The SMILES string of the molecule is CC(CC1CCCN1)OS(C)(=O)=O. The average molecular weight is 207 g/mol. The van der Waals surface area contributed by atoms with Gasteiger partial charge in [0.2, 0.25) is 0 Å². The summed E-state index contributed by atoms with van der Waals surface area (Å²) in [6.45, 7) is 2.83. The van der Waals surface area contributed by atoms with Gasteiger partial charge in [-0.1, -0.05) is 0 Å². The lowest BCUT2D eigenvalue weighted by molar-refractivity contribution is 0.206. The van der Waals surface area contributed by atoms with E-state index in [-0.39, 0.29) is 6.10 Å². The molecular weight excluding hydrogens is 190 g/mol. The van der Waals surface area contributed by atoms with E-state index in [9.17, 15) is 8.42 Å². The Morgan fingerprint density at radius 2 is 2.31 bits per heavy atom. The summed E-state index contributed by atoms with van der Waals surface area (Å²) in [5, 5.41) is 3.30. The van der Waals surface area contributed by atoms with Crippen LogP contribution in [0, 0.1) is 0 Å². The van der Waals surface area contributed by atoms with Gasteiger partial charge in [0, 0.05) is 6.04 Å². The fourth-order valence-electron chi connectivity index (χ4n) is 1.70. The molecule has 0 bridgehead atoms. The van der Waals surface area contributed by atoms with Crippen molar-refractivity contribution in [3.05, 3.63) is 0 Å². The molecule has 5 heteroatoms. The maximum absolute atomic E-state index is 10.8. The van der Waals surface area contributed by atoms with Gasteiger partial charge < -0.3 is 5.32 Å². The Labute approximate surface area is 79.8 Å². The van der Waals surface area contributed by atoms with Crippen molar-refractivity contribution in [1.82, 2.24) is 5.32 Å². The van der Waals surface area contributed by atoms with E-state index in [1.54, 1.807) is 6.92 Å². The Bertz CT molecular complexity index is 244. The number of rotatable bonds is 4. The second-order valence-electron chi connectivity index (χ2n) is 3.64. The summed E-state index contributed by atoms with van der Waals surface area (Å²) in [6.07, 6.45) is 3.94. The molecule has 0 amide bonds. The highest BCUT2D eigenvalue weighted by molar-refractivity contribution is 7.86. The quantitative estimate of drug-likeness (QED) is 0.682. The molecule has 0 aromatic carbocycles. The first-order chi connectivity index (χ1) is 5.97. The van der Waals surface area contributed by atoms with Crippen molar-refractivity contribution >= 4 is 10.1 Å². The lowest BCUT2D eigenvalue weighted by atomic mass is 10.1. The summed E-state index contributed by atoms with van der Waals surface area (Å²) in [4.78, 5) is 0. The van der Waals surface area contributed by atoms with Crippen molar-refractivity contribution in [2.75, 3.05) is 12.8 Å². The molecule has 1 aliphatic rings. The molecule has 1 saturated heterocycles. The molecule has 4 nitrogen and oxygen atoms in total. The molecule has 1 rings (SSSR count). The second kappa shape index (κ2) is 4.39. The molecule has 0 aromatic rings. The van der Waals surface area contributed by atoms with Gasteiger partial charge in [-0.2, -0.15) is 8.42 Å². The van der Waals surface area contributed by atoms with Crippen LogP contribution < -0.4 is 5.32 Å². The monoisotopic (exact) mass is 207 g/mol. The Hall–Kier alpha value is -0.130. The van der Waals surface area contributed by atoms with E-state index in [0.717, 1.165) is 25.6 Å². The predicted molar refractivity (Wildman–Crippen MR) is 51.0 cm³/mol. The minimum atomic E-state index is -3.29. The Morgan fingerprint density at radius 1 is 1.62 bits per heavy atom. The van der Waals surface area contributed by atoms with Gasteiger partial charge in [-0.05, 0) is 32.7 Å². The smallest absolute Gasteiger partial charge is 0.264 e. The molecule has 1 aliphatic heterocycles. The van der Waals surface area contributed by atoms with Crippen molar-refractivity contribution in [3.63, 3.8) is 0 Å². The van der Waals surface area contributed by atoms with E-state index < -0.39 is 10.1 Å². The summed E-state index contributed by atoms with van der Waals surface area (Å²) in [6, 6.07) is 0.428. The van der Waals surface area contributed by atoms with Gasteiger partial charge in [-0.15, -0.1) is 0 Å². The first-order valence-corrected chi connectivity index (χ1v) is 6.40. The van der Waals surface area contributed by atoms with E-state index in [1.165, 1.54) is 6.42 Å². The maximum Gasteiger partial charge on any atom is 0.264 e. The molecule has 2 unspecified atom stereocenters. The molecule has 2 atom stereocenters. The van der Waals surface area contributed by atoms with Gasteiger partial charge >= 0.3 is 0 Å². The van der Waals surface area contributed by atoms with Crippen LogP contribution in [0.5, 0.6) is 0 Å². The van der Waals surface area contributed by atoms with Crippen molar-refractivity contribution in [2.45, 2.75) is 38.3 Å². The normalized spacial score (nSPS) is 26.2. The van der Waals surface area contributed by atoms with Crippen LogP contribution in [0.15, 0.2) is 0 Å². The topological polar surface area (TPSA) is 55.4 Å². The van der Waals surface area contributed by atoms with Gasteiger partial charge in [0.25, 0.3) is 10.1 Å². The van der Waals surface area contributed by atoms with Crippen LogP contribution in [0.3, 0.4) is 0 Å². The summed E-state index contributed by atoms with van der Waals surface area (Å²) >= 11 is 0. The number of hydrogen-bond acceptors (Lipinski definition) is 4. The Morgan fingerprint density at radius 3 is 2.77 bits per heavy atom. The van der Waals surface area contributed by atoms with Crippen molar-refractivity contribution in [3.8, 4) is 0 Å². The fraction of sp³-hybridized carbons (Fsp3) is 1.00. The molecule has 13 heavy (non-hydrogen) atoms. The highest BCUT2D eigenvalue weighted by Gasteiger charge is 2.19. The third kappa shape index (κ3) is 4.59. The van der Waals surface area contributed by atoms with Crippen LogP contribution in [0.1, 0.15) is 26.2 Å². The molecule has 1 fully saturated rings. The van der Waals surface area contributed by atoms with Gasteiger partial charge in [0.15, 0.2) is 0 Å². The first kappa shape index (κ1) is 10.9. The number of nitrogens with one attached hydrogen (secondary N) is 1. The number of hydrogen-bond donors (Lipinski definition) is 1.